The van der Waals surface area contributed by atoms with Gasteiger partial charge in [0.2, 0.25) is 0 Å². The number of nitrogens with one attached hydrogen (secondary N) is 2. The van der Waals surface area contributed by atoms with E-state index in [2.05, 4.69) is 10.6 Å². The van der Waals surface area contributed by atoms with Crippen LogP contribution in [0.2, 0.25) is 0 Å². The summed E-state index contributed by atoms with van der Waals surface area (Å²) in [4.78, 5) is 23.9. The molecule has 25 heavy (non-hydrogen) atoms. The van der Waals surface area contributed by atoms with E-state index in [0.29, 0.717) is 30.4 Å². The molecule has 1 aliphatic rings. The molecule has 2 aromatic rings. The van der Waals surface area contributed by atoms with E-state index in [1.807, 2.05) is 12.1 Å². The topological polar surface area (TPSA) is 85.9 Å². The van der Waals surface area contributed by atoms with Crippen molar-refractivity contribution in [3.8, 4) is 17.2 Å². The Morgan fingerprint density at radius 3 is 2.44 bits per heavy atom. The molecule has 2 amide bonds. The zero-order chi connectivity index (χ0) is 17.6. The number of amides is 2. The van der Waals surface area contributed by atoms with Crippen LogP contribution in [-0.2, 0) is 16.1 Å². The van der Waals surface area contributed by atoms with Crippen LogP contribution in [0.25, 0.3) is 0 Å². The van der Waals surface area contributed by atoms with Crippen molar-refractivity contribution in [2.75, 3.05) is 25.6 Å². The first kappa shape index (κ1) is 16.6. The number of rotatable bonds is 4. The van der Waals surface area contributed by atoms with Crippen molar-refractivity contribution in [2.45, 2.75) is 6.54 Å². The van der Waals surface area contributed by atoms with Crippen molar-refractivity contribution in [3.63, 3.8) is 0 Å². The molecular weight excluding hydrogens is 324 g/mol. The normalized spacial score (nSPS) is 12.2. The zero-order valence-electron chi connectivity index (χ0n) is 13.7. The van der Waals surface area contributed by atoms with Crippen molar-refractivity contribution >= 4 is 17.5 Å². The summed E-state index contributed by atoms with van der Waals surface area (Å²) in [5.74, 6) is 0.429. The molecule has 3 rings (SSSR count). The number of hydrogen-bond donors (Lipinski definition) is 2. The van der Waals surface area contributed by atoms with Gasteiger partial charge in [0, 0.05) is 18.3 Å². The van der Waals surface area contributed by atoms with E-state index in [1.165, 1.54) is 0 Å². The van der Waals surface area contributed by atoms with Gasteiger partial charge in [-0.25, -0.2) is 0 Å². The zero-order valence-corrected chi connectivity index (χ0v) is 13.7. The summed E-state index contributed by atoms with van der Waals surface area (Å²) in [5.41, 5.74) is 1.33. The summed E-state index contributed by atoms with van der Waals surface area (Å²) in [5, 5.41) is 5.11. The molecule has 1 aliphatic heterocycles. The van der Waals surface area contributed by atoms with Gasteiger partial charge in [-0.2, -0.15) is 0 Å². The van der Waals surface area contributed by atoms with Crippen LogP contribution in [0, 0.1) is 0 Å². The first-order valence-corrected chi connectivity index (χ1v) is 7.77. The molecule has 0 aromatic heterocycles. The molecule has 7 nitrogen and oxygen atoms in total. The Kier molecular flexibility index (Phi) is 5.03. The Balaban J connectivity index is 1.54. The minimum atomic E-state index is -0.745. The van der Waals surface area contributed by atoms with Gasteiger partial charge in [0.25, 0.3) is 0 Å². The van der Waals surface area contributed by atoms with Gasteiger partial charge in [-0.3, -0.25) is 9.59 Å². The first-order valence-electron chi connectivity index (χ1n) is 7.77. The maximum Gasteiger partial charge on any atom is 0.313 e. The van der Waals surface area contributed by atoms with Gasteiger partial charge in [-0.05, 0) is 29.8 Å². The Morgan fingerprint density at radius 2 is 1.72 bits per heavy atom. The van der Waals surface area contributed by atoms with Gasteiger partial charge < -0.3 is 24.8 Å². The largest absolute Gasteiger partial charge is 0.497 e. The average Bonchev–Trinajstić information content (AvgIpc) is 2.66. The molecule has 0 aliphatic carbocycles. The summed E-state index contributed by atoms with van der Waals surface area (Å²) in [7, 11) is 1.58. The smallest absolute Gasteiger partial charge is 0.313 e. The number of methoxy groups -OCH3 is 1. The van der Waals surface area contributed by atoms with Crippen LogP contribution >= 0.6 is 0 Å². The highest BCUT2D eigenvalue weighted by Crippen LogP contribution is 2.32. The lowest BCUT2D eigenvalue weighted by molar-refractivity contribution is -0.136. The number of hydrogen-bond acceptors (Lipinski definition) is 5. The summed E-state index contributed by atoms with van der Waals surface area (Å²) in [6, 6.07) is 12.2. The van der Waals surface area contributed by atoms with Crippen LogP contribution in [0.1, 0.15) is 5.56 Å². The second-order valence-electron chi connectivity index (χ2n) is 5.34. The van der Waals surface area contributed by atoms with Crippen LogP contribution in [0.4, 0.5) is 5.69 Å². The second kappa shape index (κ2) is 7.57. The first-order chi connectivity index (χ1) is 12.2. The van der Waals surface area contributed by atoms with Crippen LogP contribution in [0.3, 0.4) is 0 Å². The van der Waals surface area contributed by atoms with E-state index in [9.17, 15) is 9.59 Å². The molecule has 0 saturated carbocycles. The van der Waals surface area contributed by atoms with Crippen molar-refractivity contribution in [3.05, 3.63) is 48.0 Å². The summed E-state index contributed by atoms with van der Waals surface area (Å²) in [6.07, 6.45) is 0. The molecule has 0 radical (unpaired) electrons. The van der Waals surface area contributed by atoms with E-state index >= 15 is 0 Å². The van der Waals surface area contributed by atoms with Gasteiger partial charge in [-0.15, -0.1) is 0 Å². The molecule has 7 heteroatoms. The minimum absolute atomic E-state index is 0.247. The molecule has 0 unspecified atom stereocenters. The molecule has 0 saturated heterocycles. The van der Waals surface area contributed by atoms with Gasteiger partial charge >= 0.3 is 11.8 Å². The van der Waals surface area contributed by atoms with Crippen LogP contribution in [-0.4, -0.2) is 32.1 Å². The van der Waals surface area contributed by atoms with Gasteiger partial charge in [0.05, 0.1) is 7.11 Å². The Morgan fingerprint density at radius 1 is 1.00 bits per heavy atom. The van der Waals surface area contributed by atoms with Gasteiger partial charge in [-0.1, -0.05) is 12.1 Å². The highest BCUT2D eigenvalue weighted by Gasteiger charge is 2.16. The monoisotopic (exact) mass is 342 g/mol. The third-order valence-corrected chi connectivity index (χ3v) is 3.62. The quantitative estimate of drug-likeness (QED) is 0.827. The lowest BCUT2D eigenvalue weighted by Crippen LogP contribution is -2.35. The molecule has 0 atom stereocenters. The third-order valence-electron chi connectivity index (χ3n) is 3.62. The summed E-state index contributed by atoms with van der Waals surface area (Å²) >= 11 is 0. The number of anilines is 1. The Labute approximate surface area is 144 Å². The third kappa shape index (κ3) is 4.20. The fraction of sp³-hybridized carbons (Fsp3) is 0.222. The SMILES string of the molecule is COc1ccc(CNC(=O)C(=O)Nc2ccc3c(c2)OCCO3)cc1. The lowest BCUT2D eigenvalue weighted by Gasteiger charge is -2.18. The van der Waals surface area contributed by atoms with Crippen molar-refractivity contribution in [2.24, 2.45) is 0 Å². The van der Waals surface area contributed by atoms with Crippen LogP contribution in [0.15, 0.2) is 42.5 Å². The predicted molar refractivity (Wildman–Crippen MR) is 90.9 cm³/mol. The summed E-state index contributed by atoms with van der Waals surface area (Å²) < 4.78 is 15.9. The molecule has 130 valence electrons. The molecular formula is C18H18N2O5. The maximum atomic E-state index is 12.0. The van der Waals surface area contributed by atoms with Crippen molar-refractivity contribution in [1.82, 2.24) is 5.32 Å². The number of ether oxygens (including phenoxy) is 3. The van der Waals surface area contributed by atoms with Gasteiger partial charge in [0.1, 0.15) is 19.0 Å². The maximum absolute atomic E-state index is 12.0. The molecule has 0 spiro atoms. The van der Waals surface area contributed by atoms with E-state index < -0.39 is 11.8 Å². The number of benzene rings is 2. The number of carbonyl (C=O) groups excluding carboxylic acids is 2. The highest BCUT2D eigenvalue weighted by atomic mass is 16.6. The molecule has 0 fully saturated rings. The Bertz CT molecular complexity index is 774. The average molecular weight is 342 g/mol. The predicted octanol–water partition coefficient (Wildman–Crippen LogP) is 1.72. The van der Waals surface area contributed by atoms with E-state index in [0.717, 1.165) is 11.3 Å². The Hall–Kier alpha value is -3.22. The number of carbonyl (C=O) groups is 2. The van der Waals surface area contributed by atoms with E-state index in [-0.39, 0.29) is 6.54 Å². The fourth-order valence-corrected chi connectivity index (χ4v) is 2.31. The number of fused-ring (bicyclic) bond motifs is 1. The molecule has 1 heterocycles. The molecule has 2 aromatic carbocycles. The lowest BCUT2D eigenvalue weighted by atomic mass is 10.2. The highest BCUT2D eigenvalue weighted by molar-refractivity contribution is 6.39. The van der Waals surface area contributed by atoms with Gasteiger partial charge in [0.15, 0.2) is 11.5 Å². The minimum Gasteiger partial charge on any atom is -0.497 e. The summed E-state index contributed by atoms with van der Waals surface area (Å²) in [6.45, 7) is 1.19. The van der Waals surface area contributed by atoms with Crippen molar-refractivity contribution in [1.29, 1.82) is 0 Å². The van der Waals surface area contributed by atoms with Crippen LogP contribution in [0.5, 0.6) is 17.2 Å². The van der Waals surface area contributed by atoms with E-state index in [1.54, 1.807) is 37.4 Å². The van der Waals surface area contributed by atoms with Crippen LogP contribution < -0.4 is 24.8 Å². The molecule has 2 N–H and O–H groups in total. The second-order valence-corrected chi connectivity index (χ2v) is 5.34. The molecule has 0 bridgehead atoms. The standard InChI is InChI=1S/C18H18N2O5/c1-23-14-5-2-12(3-6-14)11-19-17(21)18(22)20-13-4-7-15-16(10-13)25-9-8-24-15/h2-7,10H,8-9,11H2,1H3,(H,19,21)(H,20,22). The fourth-order valence-electron chi connectivity index (χ4n) is 2.31. The van der Waals surface area contributed by atoms with E-state index in [4.69, 9.17) is 14.2 Å². The van der Waals surface area contributed by atoms with Crippen molar-refractivity contribution < 1.29 is 23.8 Å².